The van der Waals surface area contributed by atoms with Crippen LogP contribution in [0.4, 0.5) is 0 Å². The summed E-state index contributed by atoms with van der Waals surface area (Å²) in [6.07, 6.45) is 6.65. The number of allylic oxidation sites excluding steroid dienone is 4. The van der Waals surface area contributed by atoms with Gasteiger partial charge in [-0.05, 0) is 32.9 Å². The first-order chi connectivity index (χ1) is 6.44. The summed E-state index contributed by atoms with van der Waals surface area (Å²) in [7, 11) is 0. The minimum Gasteiger partial charge on any atom is -0.478 e. The molecule has 0 radical (unpaired) electrons. The molecule has 0 amide bonds. The summed E-state index contributed by atoms with van der Waals surface area (Å²) in [5, 5.41) is 8.81. The van der Waals surface area contributed by atoms with Gasteiger partial charge < -0.3 is 9.84 Å². The highest BCUT2D eigenvalue weighted by Crippen LogP contribution is 2.15. The smallest absolute Gasteiger partial charge is 0.347 e. The molecule has 0 rings (SSSR count). The Labute approximate surface area is 84.4 Å². The van der Waals surface area contributed by atoms with Gasteiger partial charge in [-0.25, -0.2) is 4.79 Å². The van der Waals surface area contributed by atoms with Crippen LogP contribution >= 0.6 is 0 Å². The van der Waals surface area contributed by atoms with Crippen molar-refractivity contribution in [2.45, 2.75) is 26.4 Å². The normalized spacial score (nSPS) is 12.9. The highest BCUT2D eigenvalue weighted by molar-refractivity contribution is 5.76. The maximum atomic E-state index is 10.7. The van der Waals surface area contributed by atoms with Crippen LogP contribution in [0.15, 0.2) is 36.6 Å². The van der Waals surface area contributed by atoms with Gasteiger partial charge in [-0.3, -0.25) is 0 Å². The molecular formula is C11H16O3. The van der Waals surface area contributed by atoms with Crippen LogP contribution in [0.1, 0.15) is 20.8 Å². The zero-order valence-corrected chi connectivity index (χ0v) is 8.78. The van der Waals surface area contributed by atoms with Gasteiger partial charge in [0.1, 0.15) is 5.76 Å². The molecule has 0 aliphatic heterocycles. The fourth-order valence-electron chi connectivity index (χ4n) is 0.690. The van der Waals surface area contributed by atoms with Crippen molar-refractivity contribution in [3.8, 4) is 0 Å². The molecule has 3 nitrogen and oxygen atoms in total. The van der Waals surface area contributed by atoms with Gasteiger partial charge in [0.25, 0.3) is 0 Å². The average Bonchev–Trinajstić information content (AvgIpc) is 2.11. The number of carboxylic acids is 1. The highest BCUT2D eigenvalue weighted by Gasteiger charge is 2.29. The number of hydrogen-bond acceptors (Lipinski definition) is 2. The van der Waals surface area contributed by atoms with Gasteiger partial charge in [0.15, 0.2) is 5.60 Å². The van der Waals surface area contributed by atoms with Crippen molar-refractivity contribution < 1.29 is 14.6 Å². The number of carbonyl (C=O) groups is 1. The minimum atomic E-state index is -1.21. The summed E-state index contributed by atoms with van der Waals surface area (Å²) in [5.41, 5.74) is -1.21. The number of rotatable bonds is 5. The van der Waals surface area contributed by atoms with Crippen molar-refractivity contribution in [1.29, 1.82) is 0 Å². The Hall–Kier alpha value is -1.51. The Balaban J connectivity index is 4.56. The van der Waals surface area contributed by atoms with Crippen LogP contribution < -0.4 is 0 Å². The molecule has 0 atom stereocenters. The monoisotopic (exact) mass is 196 g/mol. The van der Waals surface area contributed by atoms with E-state index in [2.05, 4.69) is 6.58 Å². The van der Waals surface area contributed by atoms with E-state index in [0.717, 1.165) is 0 Å². The lowest BCUT2D eigenvalue weighted by molar-refractivity contribution is -0.156. The molecule has 0 unspecified atom stereocenters. The zero-order chi connectivity index (χ0) is 11.2. The third-order valence-corrected chi connectivity index (χ3v) is 1.57. The SMILES string of the molecule is C=C/C=C\C(=C/C)OC(C)(C)C(=O)O. The Morgan fingerprint density at radius 1 is 1.50 bits per heavy atom. The summed E-state index contributed by atoms with van der Waals surface area (Å²) in [5.74, 6) is -0.485. The quantitative estimate of drug-likeness (QED) is 0.543. The summed E-state index contributed by atoms with van der Waals surface area (Å²) < 4.78 is 5.28. The minimum absolute atomic E-state index is 0.511. The lowest BCUT2D eigenvalue weighted by Gasteiger charge is -2.21. The topological polar surface area (TPSA) is 46.5 Å². The fourth-order valence-corrected chi connectivity index (χ4v) is 0.690. The van der Waals surface area contributed by atoms with Crippen LogP contribution in [0.5, 0.6) is 0 Å². The third-order valence-electron chi connectivity index (χ3n) is 1.57. The van der Waals surface area contributed by atoms with Crippen molar-refractivity contribution in [3.05, 3.63) is 36.6 Å². The standard InChI is InChI=1S/C11H16O3/c1-5-7-8-9(6-2)14-11(3,4)10(12)13/h5-8H,1H2,2-4H3,(H,12,13)/b8-7-,9-6+. The van der Waals surface area contributed by atoms with Crippen molar-refractivity contribution in [2.24, 2.45) is 0 Å². The summed E-state index contributed by atoms with van der Waals surface area (Å²) in [6.45, 7) is 8.29. The number of ether oxygens (including phenoxy) is 1. The number of aliphatic carboxylic acids is 1. The molecule has 0 aliphatic rings. The molecule has 0 aliphatic carbocycles. The first-order valence-corrected chi connectivity index (χ1v) is 4.32. The molecule has 0 heterocycles. The summed E-state index contributed by atoms with van der Waals surface area (Å²) >= 11 is 0. The van der Waals surface area contributed by atoms with Crippen molar-refractivity contribution >= 4 is 5.97 Å². The molecule has 0 bridgehead atoms. The van der Waals surface area contributed by atoms with E-state index in [9.17, 15) is 4.79 Å². The largest absolute Gasteiger partial charge is 0.478 e. The molecular weight excluding hydrogens is 180 g/mol. The molecule has 78 valence electrons. The van der Waals surface area contributed by atoms with Crippen molar-refractivity contribution in [2.75, 3.05) is 0 Å². The van der Waals surface area contributed by atoms with Crippen LogP contribution in [0.25, 0.3) is 0 Å². The molecule has 0 spiro atoms. The van der Waals surface area contributed by atoms with Crippen LogP contribution in [-0.4, -0.2) is 16.7 Å². The lowest BCUT2D eigenvalue weighted by atomic mass is 10.1. The van der Waals surface area contributed by atoms with Crippen molar-refractivity contribution in [1.82, 2.24) is 0 Å². The first-order valence-electron chi connectivity index (χ1n) is 4.32. The molecule has 14 heavy (non-hydrogen) atoms. The van der Waals surface area contributed by atoms with Gasteiger partial charge in [-0.15, -0.1) is 0 Å². The summed E-state index contributed by atoms with van der Waals surface area (Å²) in [4.78, 5) is 10.7. The molecule has 3 heteroatoms. The van der Waals surface area contributed by atoms with E-state index >= 15 is 0 Å². The van der Waals surface area contributed by atoms with Gasteiger partial charge >= 0.3 is 5.97 Å². The number of hydrogen-bond donors (Lipinski definition) is 1. The Morgan fingerprint density at radius 2 is 2.07 bits per heavy atom. The maximum absolute atomic E-state index is 10.7. The second-order valence-electron chi connectivity index (χ2n) is 3.20. The van der Waals surface area contributed by atoms with E-state index in [1.807, 2.05) is 0 Å². The Bertz CT molecular complexity index is 272. The van der Waals surface area contributed by atoms with Crippen molar-refractivity contribution in [3.63, 3.8) is 0 Å². The molecule has 0 aromatic carbocycles. The fraction of sp³-hybridized carbons (Fsp3) is 0.364. The lowest BCUT2D eigenvalue weighted by Crippen LogP contribution is -2.34. The van der Waals surface area contributed by atoms with Crippen LogP contribution in [0.2, 0.25) is 0 Å². The van der Waals surface area contributed by atoms with E-state index in [-0.39, 0.29) is 0 Å². The second kappa shape index (κ2) is 5.27. The molecule has 0 fully saturated rings. The predicted octanol–water partition coefficient (Wildman–Crippen LogP) is 2.51. The molecule has 1 N–H and O–H groups in total. The van der Waals surface area contributed by atoms with Gasteiger partial charge in [-0.1, -0.05) is 18.7 Å². The van der Waals surface area contributed by atoms with E-state index in [1.54, 1.807) is 31.2 Å². The summed E-state index contributed by atoms with van der Waals surface area (Å²) in [6, 6.07) is 0. The Kier molecular flexibility index (Phi) is 4.70. The van der Waals surface area contributed by atoms with E-state index < -0.39 is 11.6 Å². The average molecular weight is 196 g/mol. The zero-order valence-electron chi connectivity index (χ0n) is 8.78. The Morgan fingerprint density at radius 3 is 2.43 bits per heavy atom. The van der Waals surface area contributed by atoms with E-state index in [4.69, 9.17) is 9.84 Å². The molecule has 0 saturated carbocycles. The maximum Gasteiger partial charge on any atom is 0.347 e. The molecule has 0 saturated heterocycles. The second-order valence-corrected chi connectivity index (χ2v) is 3.20. The van der Waals surface area contributed by atoms with Crippen LogP contribution in [-0.2, 0) is 9.53 Å². The third kappa shape index (κ3) is 3.94. The van der Waals surface area contributed by atoms with Gasteiger partial charge in [0.2, 0.25) is 0 Å². The van der Waals surface area contributed by atoms with Gasteiger partial charge in [0.05, 0.1) is 0 Å². The number of carboxylic acid groups (broad SMARTS) is 1. The first kappa shape index (κ1) is 12.5. The van der Waals surface area contributed by atoms with Gasteiger partial charge in [-0.2, -0.15) is 0 Å². The highest BCUT2D eigenvalue weighted by atomic mass is 16.5. The molecule has 0 aromatic rings. The van der Waals surface area contributed by atoms with E-state index in [0.29, 0.717) is 5.76 Å². The predicted molar refractivity (Wildman–Crippen MR) is 55.9 cm³/mol. The van der Waals surface area contributed by atoms with Gasteiger partial charge in [0, 0.05) is 0 Å². The van der Waals surface area contributed by atoms with Crippen LogP contribution in [0.3, 0.4) is 0 Å². The molecule has 0 aromatic heterocycles. The van der Waals surface area contributed by atoms with Crippen LogP contribution in [0, 0.1) is 0 Å². The van der Waals surface area contributed by atoms with E-state index in [1.165, 1.54) is 13.8 Å².